The van der Waals surface area contributed by atoms with E-state index < -0.39 is 6.29 Å². The van der Waals surface area contributed by atoms with Crippen molar-refractivity contribution in [2.24, 2.45) is 5.92 Å². The van der Waals surface area contributed by atoms with Gasteiger partial charge in [-0.15, -0.1) is 0 Å². The Morgan fingerprint density at radius 2 is 0.875 bits per heavy atom. The summed E-state index contributed by atoms with van der Waals surface area (Å²) in [5, 5.41) is 15.2. The van der Waals surface area contributed by atoms with Crippen molar-refractivity contribution in [1.82, 2.24) is 0 Å². The maximum Gasteiger partial charge on any atom is 0.148 e. The second-order valence-electron chi connectivity index (χ2n) is 2.36. The molecule has 0 spiro atoms. The molecule has 2 nitrogen and oxygen atoms in total. The normalized spacial score (nSPS) is 9.00. The zero-order valence-corrected chi connectivity index (χ0v) is 6.05. The highest BCUT2D eigenvalue weighted by Gasteiger charge is 1.70. The molecular weight excluding hydrogens is 104 g/mol. The molecule has 0 unspecified atom stereocenters. The van der Waals surface area contributed by atoms with E-state index in [1.165, 1.54) is 6.92 Å². The van der Waals surface area contributed by atoms with Crippen molar-refractivity contribution in [3.63, 3.8) is 0 Å². The molecule has 0 fully saturated rings. The molecule has 0 aliphatic carbocycles. The molecule has 8 heavy (non-hydrogen) atoms. The molecule has 0 aliphatic heterocycles. The molecule has 0 saturated heterocycles. The van der Waals surface area contributed by atoms with Gasteiger partial charge in [-0.2, -0.15) is 0 Å². The molecule has 0 aliphatic rings. The van der Waals surface area contributed by atoms with Crippen LogP contribution >= 0.6 is 0 Å². The Hall–Kier alpha value is -0.0800. The van der Waals surface area contributed by atoms with Crippen LogP contribution in [0.15, 0.2) is 0 Å². The van der Waals surface area contributed by atoms with E-state index in [0.717, 1.165) is 5.92 Å². The van der Waals surface area contributed by atoms with E-state index in [1.807, 2.05) is 0 Å². The first-order chi connectivity index (χ1) is 3.46. The van der Waals surface area contributed by atoms with Gasteiger partial charge in [0.05, 0.1) is 0 Å². The Labute approximate surface area is 51.2 Å². The minimum Gasteiger partial charge on any atom is -0.368 e. The van der Waals surface area contributed by atoms with Gasteiger partial charge in [-0.1, -0.05) is 20.8 Å². The monoisotopic (exact) mass is 120 g/mol. The first-order valence-electron chi connectivity index (χ1n) is 2.83. The van der Waals surface area contributed by atoms with Crippen molar-refractivity contribution < 1.29 is 10.2 Å². The van der Waals surface area contributed by atoms with Crippen molar-refractivity contribution in [2.45, 2.75) is 34.0 Å². The van der Waals surface area contributed by atoms with Gasteiger partial charge in [-0.25, -0.2) is 0 Å². The van der Waals surface area contributed by atoms with Crippen LogP contribution in [0, 0.1) is 5.92 Å². The van der Waals surface area contributed by atoms with Crippen molar-refractivity contribution in [2.75, 3.05) is 0 Å². The lowest BCUT2D eigenvalue weighted by Gasteiger charge is -1.80. The zero-order valence-electron chi connectivity index (χ0n) is 6.05. The molecular formula is C6H16O2. The quantitative estimate of drug-likeness (QED) is 0.468. The lowest BCUT2D eigenvalue weighted by atomic mass is 10.3. The third-order valence-corrected chi connectivity index (χ3v) is 0. The van der Waals surface area contributed by atoms with Crippen molar-refractivity contribution >= 4 is 0 Å². The number of aliphatic hydroxyl groups excluding tert-OH is 1. The highest BCUT2D eigenvalue weighted by atomic mass is 16.5. The number of hydrogen-bond donors (Lipinski definition) is 2. The SMILES string of the molecule is CC(C)C.CC(O)O. The van der Waals surface area contributed by atoms with E-state index in [1.54, 1.807) is 0 Å². The van der Waals surface area contributed by atoms with E-state index >= 15 is 0 Å². The summed E-state index contributed by atoms with van der Waals surface area (Å²) < 4.78 is 0. The van der Waals surface area contributed by atoms with E-state index in [2.05, 4.69) is 20.8 Å². The molecule has 0 aromatic heterocycles. The van der Waals surface area contributed by atoms with Crippen molar-refractivity contribution in [3.05, 3.63) is 0 Å². The van der Waals surface area contributed by atoms with Gasteiger partial charge in [0, 0.05) is 0 Å². The molecule has 2 heteroatoms. The highest BCUT2D eigenvalue weighted by Crippen LogP contribution is 1.81. The standard InChI is InChI=1S/C4H10.C2H6O2/c1-4(2)3;1-2(3)4/h4H,1-3H3;2-4H,1H3. The third-order valence-electron chi connectivity index (χ3n) is 0. The highest BCUT2D eigenvalue weighted by molar-refractivity contribution is 4.20. The third kappa shape index (κ3) is 22400. The molecule has 0 atom stereocenters. The summed E-state index contributed by atoms with van der Waals surface area (Å²) >= 11 is 0. The Bertz CT molecular complexity index is 22.0. The summed E-state index contributed by atoms with van der Waals surface area (Å²) in [7, 11) is 0. The maximum absolute atomic E-state index is 7.61. The number of hydrogen-bond acceptors (Lipinski definition) is 2. The zero-order chi connectivity index (χ0) is 7.15. The molecule has 0 aromatic rings. The molecule has 0 heterocycles. The van der Waals surface area contributed by atoms with Gasteiger partial charge in [0.1, 0.15) is 6.29 Å². The molecule has 2 N–H and O–H groups in total. The van der Waals surface area contributed by atoms with Crippen LogP contribution in [0.2, 0.25) is 0 Å². The van der Waals surface area contributed by atoms with Gasteiger partial charge < -0.3 is 10.2 Å². The number of rotatable bonds is 0. The van der Waals surface area contributed by atoms with Gasteiger partial charge in [0.25, 0.3) is 0 Å². The number of aliphatic hydroxyl groups is 2. The molecule has 0 rings (SSSR count). The van der Waals surface area contributed by atoms with Crippen molar-refractivity contribution in [3.8, 4) is 0 Å². The van der Waals surface area contributed by atoms with Crippen molar-refractivity contribution in [1.29, 1.82) is 0 Å². The first kappa shape index (κ1) is 10.8. The average molecular weight is 120 g/mol. The average Bonchev–Trinajstić information content (AvgIpc) is 1.25. The van der Waals surface area contributed by atoms with E-state index in [4.69, 9.17) is 10.2 Å². The molecule has 0 saturated carbocycles. The molecule has 0 bridgehead atoms. The van der Waals surface area contributed by atoms with E-state index in [9.17, 15) is 0 Å². The Morgan fingerprint density at radius 1 is 0.875 bits per heavy atom. The minimum absolute atomic E-state index is 0.833. The van der Waals surface area contributed by atoms with Gasteiger partial charge in [-0.05, 0) is 12.8 Å². The van der Waals surface area contributed by atoms with Crippen LogP contribution in [-0.4, -0.2) is 16.5 Å². The summed E-state index contributed by atoms with van der Waals surface area (Å²) in [5.74, 6) is 0.833. The summed E-state index contributed by atoms with van der Waals surface area (Å²) in [6, 6.07) is 0. The van der Waals surface area contributed by atoms with Gasteiger partial charge in [-0.3, -0.25) is 0 Å². The molecule has 0 amide bonds. The topological polar surface area (TPSA) is 40.5 Å². The van der Waals surface area contributed by atoms with Gasteiger partial charge in [0.2, 0.25) is 0 Å². The largest absolute Gasteiger partial charge is 0.368 e. The lowest BCUT2D eigenvalue weighted by molar-refractivity contribution is -0.0228. The van der Waals surface area contributed by atoms with Crippen LogP contribution in [0.1, 0.15) is 27.7 Å². The van der Waals surface area contributed by atoms with Crippen LogP contribution < -0.4 is 0 Å². The molecule has 0 radical (unpaired) electrons. The van der Waals surface area contributed by atoms with Crippen LogP contribution in [0.5, 0.6) is 0 Å². The van der Waals surface area contributed by atoms with Gasteiger partial charge in [0.15, 0.2) is 0 Å². The van der Waals surface area contributed by atoms with Crippen LogP contribution in [0.4, 0.5) is 0 Å². The smallest absolute Gasteiger partial charge is 0.148 e. The Kier molecular flexibility index (Phi) is 9.36. The van der Waals surface area contributed by atoms with Crippen LogP contribution in [0.25, 0.3) is 0 Å². The second kappa shape index (κ2) is 6.92. The summed E-state index contributed by atoms with van der Waals surface area (Å²) in [5.41, 5.74) is 0. The lowest BCUT2D eigenvalue weighted by Crippen LogP contribution is -1.92. The summed E-state index contributed by atoms with van der Waals surface area (Å²) in [6.45, 7) is 7.78. The van der Waals surface area contributed by atoms with Gasteiger partial charge >= 0.3 is 0 Å². The summed E-state index contributed by atoms with van der Waals surface area (Å²) in [4.78, 5) is 0. The molecule has 52 valence electrons. The van der Waals surface area contributed by atoms with E-state index in [0.29, 0.717) is 0 Å². The minimum atomic E-state index is -1.17. The Morgan fingerprint density at radius 3 is 0.875 bits per heavy atom. The second-order valence-corrected chi connectivity index (χ2v) is 2.36. The fourth-order valence-corrected chi connectivity index (χ4v) is 0. The van der Waals surface area contributed by atoms with E-state index in [-0.39, 0.29) is 0 Å². The van der Waals surface area contributed by atoms with Crippen LogP contribution in [0.3, 0.4) is 0 Å². The fraction of sp³-hybridized carbons (Fsp3) is 1.00. The predicted molar refractivity (Wildman–Crippen MR) is 34.4 cm³/mol. The molecule has 0 aromatic carbocycles. The Balaban J connectivity index is 0. The first-order valence-corrected chi connectivity index (χ1v) is 2.83. The van der Waals surface area contributed by atoms with Crippen LogP contribution in [-0.2, 0) is 0 Å². The fourth-order valence-electron chi connectivity index (χ4n) is 0. The maximum atomic E-state index is 7.61. The predicted octanol–water partition coefficient (Wildman–Crippen LogP) is 0.979. The summed E-state index contributed by atoms with van der Waals surface area (Å²) in [6.07, 6.45) is -1.17.